The molecule has 0 amide bonds. The van der Waals surface area contributed by atoms with Crippen molar-refractivity contribution in [3.05, 3.63) is 59.9 Å². The molecule has 0 unspecified atom stereocenters. The predicted octanol–water partition coefficient (Wildman–Crippen LogP) is 3.61. The van der Waals surface area contributed by atoms with E-state index in [9.17, 15) is 0 Å². The van der Waals surface area contributed by atoms with Crippen molar-refractivity contribution in [3.8, 4) is 0 Å². The van der Waals surface area contributed by atoms with Crippen molar-refractivity contribution in [1.82, 2.24) is 4.98 Å². The molecule has 1 aromatic carbocycles. The molecule has 0 N–H and O–H groups in total. The van der Waals surface area contributed by atoms with Crippen molar-refractivity contribution in [1.29, 1.82) is 0 Å². The number of halogens is 1. The van der Waals surface area contributed by atoms with E-state index in [4.69, 9.17) is 0 Å². The highest BCUT2D eigenvalue weighted by Crippen LogP contribution is 2.17. The molecule has 0 aliphatic carbocycles. The van der Waals surface area contributed by atoms with E-state index >= 15 is 0 Å². The minimum Gasteiger partial charge on any atom is -0.370 e. The summed E-state index contributed by atoms with van der Waals surface area (Å²) in [4.78, 5) is 6.34. The fourth-order valence-corrected chi connectivity index (χ4v) is 2.07. The molecular formula is C14H15BrN2. The van der Waals surface area contributed by atoms with E-state index < -0.39 is 0 Å². The summed E-state index contributed by atoms with van der Waals surface area (Å²) in [6, 6.07) is 12.6. The summed E-state index contributed by atoms with van der Waals surface area (Å²) in [5, 5.41) is 0.902. The first-order valence-corrected chi connectivity index (χ1v) is 6.66. The van der Waals surface area contributed by atoms with Crippen LogP contribution in [0, 0.1) is 0 Å². The Morgan fingerprint density at radius 1 is 1.12 bits per heavy atom. The average molecular weight is 291 g/mol. The second-order valence-electron chi connectivity index (χ2n) is 4.02. The SMILES string of the molecule is CN(Cc1cccnc1)c1ccc(CBr)cc1. The van der Waals surface area contributed by atoms with Crippen LogP contribution in [0.5, 0.6) is 0 Å². The summed E-state index contributed by atoms with van der Waals surface area (Å²) in [6.07, 6.45) is 3.71. The van der Waals surface area contributed by atoms with E-state index in [-0.39, 0.29) is 0 Å². The number of hydrogen-bond acceptors (Lipinski definition) is 2. The molecule has 17 heavy (non-hydrogen) atoms. The predicted molar refractivity (Wildman–Crippen MR) is 75.4 cm³/mol. The summed E-state index contributed by atoms with van der Waals surface area (Å²) in [5.74, 6) is 0. The lowest BCUT2D eigenvalue weighted by Gasteiger charge is -2.19. The van der Waals surface area contributed by atoms with Gasteiger partial charge in [0.25, 0.3) is 0 Å². The second kappa shape index (κ2) is 5.82. The van der Waals surface area contributed by atoms with Crippen LogP contribution in [0.3, 0.4) is 0 Å². The van der Waals surface area contributed by atoms with E-state index in [1.54, 1.807) is 6.20 Å². The zero-order valence-corrected chi connectivity index (χ0v) is 11.4. The minimum absolute atomic E-state index is 0.876. The van der Waals surface area contributed by atoms with Crippen LogP contribution in [0.4, 0.5) is 5.69 Å². The lowest BCUT2D eigenvalue weighted by Crippen LogP contribution is -2.16. The highest BCUT2D eigenvalue weighted by Gasteiger charge is 2.01. The number of pyridine rings is 1. The first-order valence-electron chi connectivity index (χ1n) is 5.54. The molecule has 0 spiro atoms. The minimum atomic E-state index is 0.876. The van der Waals surface area contributed by atoms with E-state index in [0.29, 0.717) is 0 Å². The number of aromatic nitrogens is 1. The molecule has 2 aromatic rings. The van der Waals surface area contributed by atoms with Gasteiger partial charge in [0.15, 0.2) is 0 Å². The first-order chi connectivity index (χ1) is 8.29. The van der Waals surface area contributed by atoms with Crippen molar-refractivity contribution in [2.24, 2.45) is 0 Å². The maximum absolute atomic E-state index is 4.13. The summed E-state index contributed by atoms with van der Waals surface area (Å²) >= 11 is 3.45. The summed E-state index contributed by atoms with van der Waals surface area (Å²) in [6.45, 7) is 0.876. The van der Waals surface area contributed by atoms with Gasteiger partial charge in [-0.05, 0) is 29.3 Å². The third kappa shape index (κ3) is 3.30. The standard InChI is InChI=1S/C14H15BrN2/c1-17(11-13-3-2-8-16-10-13)14-6-4-12(9-15)5-7-14/h2-8,10H,9,11H2,1H3. The molecule has 0 aliphatic heterocycles. The number of nitrogens with zero attached hydrogens (tertiary/aromatic N) is 2. The van der Waals surface area contributed by atoms with Crippen LogP contribution in [0.1, 0.15) is 11.1 Å². The van der Waals surface area contributed by atoms with Gasteiger partial charge in [-0.25, -0.2) is 0 Å². The zero-order chi connectivity index (χ0) is 12.1. The van der Waals surface area contributed by atoms with Crippen LogP contribution in [-0.2, 0) is 11.9 Å². The largest absolute Gasteiger partial charge is 0.370 e. The molecule has 0 atom stereocenters. The van der Waals surface area contributed by atoms with Gasteiger partial charge in [-0.3, -0.25) is 4.98 Å². The molecule has 0 fully saturated rings. The third-order valence-corrected chi connectivity index (χ3v) is 3.32. The Bertz CT molecular complexity index is 453. The fraction of sp³-hybridized carbons (Fsp3) is 0.214. The number of rotatable bonds is 4. The van der Waals surface area contributed by atoms with E-state index in [1.807, 2.05) is 12.3 Å². The normalized spacial score (nSPS) is 10.2. The average Bonchev–Trinajstić information content (AvgIpc) is 2.40. The Labute approximate surface area is 110 Å². The summed E-state index contributed by atoms with van der Waals surface area (Å²) < 4.78 is 0. The van der Waals surface area contributed by atoms with Crippen LogP contribution >= 0.6 is 15.9 Å². The Morgan fingerprint density at radius 3 is 2.47 bits per heavy atom. The maximum Gasteiger partial charge on any atom is 0.0441 e. The van der Waals surface area contributed by atoms with Gasteiger partial charge in [-0.2, -0.15) is 0 Å². The van der Waals surface area contributed by atoms with Crippen LogP contribution in [-0.4, -0.2) is 12.0 Å². The smallest absolute Gasteiger partial charge is 0.0441 e. The zero-order valence-electron chi connectivity index (χ0n) is 9.81. The molecule has 2 rings (SSSR count). The van der Waals surface area contributed by atoms with Crippen molar-refractivity contribution in [2.45, 2.75) is 11.9 Å². The molecule has 0 bridgehead atoms. The quantitative estimate of drug-likeness (QED) is 0.800. The molecule has 0 aliphatic rings. The number of alkyl halides is 1. The van der Waals surface area contributed by atoms with Gasteiger partial charge in [0.1, 0.15) is 0 Å². The Balaban J connectivity index is 2.06. The van der Waals surface area contributed by atoms with Crippen LogP contribution in [0.15, 0.2) is 48.8 Å². The van der Waals surface area contributed by atoms with Crippen LogP contribution in [0.2, 0.25) is 0 Å². The lowest BCUT2D eigenvalue weighted by molar-refractivity contribution is 0.915. The van der Waals surface area contributed by atoms with Crippen LogP contribution < -0.4 is 4.90 Å². The van der Waals surface area contributed by atoms with E-state index in [2.05, 4.69) is 63.2 Å². The highest BCUT2D eigenvalue weighted by atomic mass is 79.9. The molecule has 2 nitrogen and oxygen atoms in total. The van der Waals surface area contributed by atoms with Gasteiger partial charge in [-0.15, -0.1) is 0 Å². The van der Waals surface area contributed by atoms with Gasteiger partial charge in [-0.1, -0.05) is 34.1 Å². The number of anilines is 1. The first kappa shape index (κ1) is 12.1. The highest BCUT2D eigenvalue weighted by molar-refractivity contribution is 9.08. The van der Waals surface area contributed by atoms with Crippen molar-refractivity contribution < 1.29 is 0 Å². The monoisotopic (exact) mass is 290 g/mol. The van der Waals surface area contributed by atoms with Gasteiger partial charge < -0.3 is 4.90 Å². The fourth-order valence-electron chi connectivity index (χ4n) is 1.70. The topological polar surface area (TPSA) is 16.1 Å². The van der Waals surface area contributed by atoms with Crippen molar-refractivity contribution >= 4 is 21.6 Å². The van der Waals surface area contributed by atoms with Gasteiger partial charge >= 0.3 is 0 Å². The van der Waals surface area contributed by atoms with Gasteiger partial charge in [0.2, 0.25) is 0 Å². The van der Waals surface area contributed by atoms with Crippen LogP contribution in [0.25, 0.3) is 0 Å². The van der Waals surface area contributed by atoms with Gasteiger partial charge in [0, 0.05) is 37.0 Å². The number of benzene rings is 1. The van der Waals surface area contributed by atoms with E-state index in [1.165, 1.54) is 16.8 Å². The molecule has 0 saturated carbocycles. The van der Waals surface area contributed by atoms with E-state index in [0.717, 1.165) is 11.9 Å². The lowest BCUT2D eigenvalue weighted by atomic mass is 10.2. The second-order valence-corrected chi connectivity index (χ2v) is 4.58. The Kier molecular flexibility index (Phi) is 4.15. The van der Waals surface area contributed by atoms with Crippen molar-refractivity contribution in [2.75, 3.05) is 11.9 Å². The Hall–Kier alpha value is -1.35. The molecule has 0 radical (unpaired) electrons. The van der Waals surface area contributed by atoms with Crippen molar-refractivity contribution in [3.63, 3.8) is 0 Å². The summed E-state index contributed by atoms with van der Waals surface area (Å²) in [7, 11) is 2.09. The molecule has 0 saturated heterocycles. The maximum atomic E-state index is 4.13. The molecular weight excluding hydrogens is 276 g/mol. The summed E-state index contributed by atoms with van der Waals surface area (Å²) in [5.41, 5.74) is 3.74. The molecule has 3 heteroatoms. The third-order valence-electron chi connectivity index (χ3n) is 2.67. The Morgan fingerprint density at radius 2 is 1.88 bits per heavy atom. The molecule has 1 aromatic heterocycles. The molecule has 88 valence electrons. The van der Waals surface area contributed by atoms with Gasteiger partial charge in [0.05, 0.1) is 0 Å². The number of hydrogen-bond donors (Lipinski definition) is 0. The molecule has 1 heterocycles.